The first kappa shape index (κ1) is 7.72. The van der Waals surface area contributed by atoms with Crippen LogP contribution < -0.4 is 5.56 Å². The Morgan fingerprint density at radius 2 is 2.17 bits per heavy atom. The van der Waals surface area contributed by atoms with Crippen LogP contribution in [-0.4, -0.2) is 9.97 Å². The van der Waals surface area contributed by atoms with Gasteiger partial charge in [-0.1, -0.05) is 0 Å². The van der Waals surface area contributed by atoms with Crippen LogP contribution in [0.3, 0.4) is 0 Å². The van der Waals surface area contributed by atoms with Crippen LogP contribution in [-0.2, 0) is 0 Å². The SMILES string of the molecule is O=c1[nH]ccc2ccc(I)nc12. The summed E-state index contributed by atoms with van der Waals surface area (Å²) in [7, 11) is 0. The molecule has 2 aromatic rings. The molecule has 4 heteroatoms. The smallest absolute Gasteiger partial charge is 0.274 e. The fourth-order valence-corrected chi connectivity index (χ4v) is 1.46. The zero-order chi connectivity index (χ0) is 8.55. The van der Waals surface area contributed by atoms with E-state index in [2.05, 4.69) is 32.6 Å². The lowest BCUT2D eigenvalue weighted by Crippen LogP contribution is -2.06. The van der Waals surface area contributed by atoms with Crippen molar-refractivity contribution in [1.82, 2.24) is 9.97 Å². The second kappa shape index (κ2) is 2.85. The van der Waals surface area contributed by atoms with Gasteiger partial charge in [-0.05, 0) is 40.8 Å². The van der Waals surface area contributed by atoms with Crippen molar-refractivity contribution in [3.8, 4) is 0 Å². The first-order valence-electron chi connectivity index (χ1n) is 3.41. The number of halogens is 1. The monoisotopic (exact) mass is 272 g/mol. The molecule has 0 fully saturated rings. The maximum Gasteiger partial charge on any atom is 0.274 e. The normalized spacial score (nSPS) is 10.4. The summed E-state index contributed by atoms with van der Waals surface area (Å²) in [6.07, 6.45) is 1.62. The van der Waals surface area contributed by atoms with Gasteiger partial charge in [-0.25, -0.2) is 4.98 Å². The van der Waals surface area contributed by atoms with Crippen molar-refractivity contribution in [1.29, 1.82) is 0 Å². The second-order valence-corrected chi connectivity index (χ2v) is 3.48. The molecular formula is C8H5IN2O. The van der Waals surface area contributed by atoms with Crippen LogP contribution in [0.5, 0.6) is 0 Å². The molecule has 0 radical (unpaired) electrons. The highest BCUT2D eigenvalue weighted by molar-refractivity contribution is 14.1. The molecule has 0 aliphatic carbocycles. The summed E-state index contributed by atoms with van der Waals surface area (Å²) in [5, 5.41) is 0.874. The van der Waals surface area contributed by atoms with Crippen molar-refractivity contribution in [3.05, 3.63) is 38.5 Å². The van der Waals surface area contributed by atoms with Gasteiger partial charge >= 0.3 is 0 Å². The Morgan fingerprint density at radius 3 is 3.00 bits per heavy atom. The quantitative estimate of drug-likeness (QED) is 0.584. The third-order valence-electron chi connectivity index (χ3n) is 1.58. The van der Waals surface area contributed by atoms with Gasteiger partial charge in [0.2, 0.25) is 0 Å². The molecule has 2 rings (SSSR count). The van der Waals surface area contributed by atoms with Gasteiger partial charge in [0.05, 0.1) is 0 Å². The molecule has 0 aliphatic heterocycles. The Morgan fingerprint density at radius 1 is 1.33 bits per heavy atom. The molecule has 1 N–H and O–H groups in total. The minimum absolute atomic E-state index is 0.133. The Hall–Kier alpha value is -0.910. The summed E-state index contributed by atoms with van der Waals surface area (Å²) in [5.74, 6) is 0. The zero-order valence-corrected chi connectivity index (χ0v) is 8.20. The third-order valence-corrected chi connectivity index (χ3v) is 2.19. The lowest BCUT2D eigenvalue weighted by molar-refractivity contribution is 1.22. The van der Waals surface area contributed by atoms with E-state index in [0.29, 0.717) is 5.52 Å². The van der Waals surface area contributed by atoms with Crippen molar-refractivity contribution in [3.63, 3.8) is 0 Å². The minimum Gasteiger partial charge on any atom is -0.327 e. The second-order valence-electron chi connectivity index (χ2n) is 2.38. The van der Waals surface area contributed by atoms with Gasteiger partial charge in [-0.15, -0.1) is 0 Å². The molecule has 0 saturated heterocycles. The number of H-pyrrole nitrogens is 1. The van der Waals surface area contributed by atoms with Crippen LogP contribution in [0, 0.1) is 3.70 Å². The summed E-state index contributed by atoms with van der Waals surface area (Å²) < 4.78 is 0.830. The predicted octanol–water partition coefficient (Wildman–Crippen LogP) is 1.53. The highest BCUT2D eigenvalue weighted by Crippen LogP contribution is 2.08. The lowest BCUT2D eigenvalue weighted by Gasteiger charge is -1.94. The van der Waals surface area contributed by atoms with Crippen LogP contribution in [0.25, 0.3) is 10.9 Å². The molecule has 60 valence electrons. The number of pyridine rings is 2. The number of rotatable bonds is 0. The lowest BCUT2D eigenvalue weighted by atomic mass is 10.3. The standard InChI is InChI=1S/C8H5IN2O/c9-6-2-1-5-3-4-10-8(12)7(5)11-6/h1-4H,(H,10,12). The van der Waals surface area contributed by atoms with E-state index in [9.17, 15) is 4.79 Å². The first-order chi connectivity index (χ1) is 5.77. The van der Waals surface area contributed by atoms with Gasteiger partial charge in [0.1, 0.15) is 9.22 Å². The van der Waals surface area contributed by atoms with Crippen molar-refractivity contribution >= 4 is 33.5 Å². The summed E-state index contributed by atoms with van der Waals surface area (Å²) >= 11 is 2.08. The topological polar surface area (TPSA) is 45.8 Å². The van der Waals surface area contributed by atoms with Gasteiger partial charge in [-0.2, -0.15) is 0 Å². The number of fused-ring (bicyclic) bond motifs is 1. The van der Waals surface area contributed by atoms with Crippen LogP contribution in [0.1, 0.15) is 0 Å². The number of nitrogens with one attached hydrogen (secondary N) is 1. The third kappa shape index (κ3) is 1.22. The number of hydrogen-bond acceptors (Lipinski definition) is 2. The van der Waals surface area contributed by atoms with E-state index in [4.69, 9.17) is 0 Å². The molecule has 3 nitrogen and oxygen atoms in total. The molecule has 0 bridgehead atoms. The molecule has 2 aromatic heterocycles. The number of aromatic amines is 1. The molecular weight excluding hydrogens is 267 g/mol. The van der Waals surface area contributed by atoms with Crippen LogP contribution in [0.15, 0.2) is 29.2 Å². The Kier molecular flexibility index (Phi) is 1.84. The van der Waals surface area contributed by atoms with Crippen molar-refractivity contribution in [2.24, 2.45) is 0 Å². The molecule has 12 heavy (non-hydrogen) atoms. The Labute approximate surface area is 82.0 Å². The van der Waals surface area contributed by atoms with Crippen LogP contribution in [0.2, 0.25) is 0 Å². The van der Waals surface area contributed by atoms with E-state index < -0.39 is 0 Å². The number of nitrogens with zero attached hydrogens (tertiary/aromatic N) is 1. The average molecular weight is 272 g/mol. The molecule has 0 atom stereocenters. The van der Waals surface area contributed by atoms with E-state index in [1.54, 1.807) is 6.20 Å². The van der Waals surface area contributed by atoms with Gasteiger partial charge in [-0.3, -0.25) is 4.79 Å². The number of aromatic nitrogens is 2. The fraction of sp³-hybridized carbons (Fsp3) is 0. The van der Waals surface area contributed by atoms with E-state index >= 15 is 0 Å². The van der Waals surface area contributed by atoms with E-state index in [-0.39, 0.29) is 5.56 Å². The van der Waals surface area contributed by atoms with Gasteiger partial charge in [0.15, 0.2) is 0 Å². The van der Waals surface area contributed by atoms with Gasteiger partial charge in [0, 0.05) is 11.6 Å². The molecule has 2 heterocycles. The first-order valence-corrected chi connectivity index (χ1v) is 4.49. The van der Waals surface area contributed by atoms with E-state index in [1.165, 1.54) is 0 Å². The molecule has 0 amide bonds. The van der Waals surface area contributed by atoms with Crippen LogP contribution >= 0.6 is 22.6 Å². The maximum atomic E-state index is 11.2. The predicted molar refractivity (Wildman–Crippen MR) is 55.1 cm³/mol. The van der Waals surface area contributed by atoms with Crippen LogP contribution in [0.4, 0.5) is 0 Å². The minimum atomic E-state index is -0.133. The van der Waals surface area contributed by atoms with Crippen molar-refractivity contribution in [2.75, 3.05) is 0 Å². The van der Waals surface area contributed by atoms with Crippen molar-refractivity contribution < 1.29 is 0 Å². The Bertz CT molecular complexity index is 478. The average Bonchev–Trinajstić information content (AvgIpc) is 2.07. The molecule has 0 aromatic carbocycles. The zero-order valence-electron chi connectivity index (χ0n) is 6.04. The fourth-order valence-electron chi connectivity index (χ4n) is 1.04. The highest BCUT2D eigenvalue weighted by Gasteiger charge is 1.98. The van der Waals surface area contributed by atoms with Crippen molar-refractivity contribution in [2.45, 2.75) is 0 Å². The summed E-state index contributed by atoms with van der Waals surface area (Å²) in [4.78, 5) is 17.9. The summed E-state index contributed by atoms with van der Waals surface area (Å²) in [6.45, 7) is 0. The molecule has 0 aliphatic rings. The van der Waals surface area contributed by atoms with E-state index in [0.717, 1.165) is 9.09 Å². The summed E-state index contributed by atoms with van der Waals surface area (Å²) in [6, 6.07) is 5.60. The number of hydrogen-bond donors (Lipinski definition) is 1. The molecule has 0 saturated carbocycles. The maximum absolute atomic E-state index is 11.2. The largest absolute Gasteiger partial charge is 0.327 e. The molecule has 0 spiro atoms. The molecule has 0 unspecified atom stereocenters. The van der Waals surface area contributed by atoms with Gasteiger partial charge in [0.25, 0.3) is 5.56 Å². The van der Waals surface area contributed by atoms with E-state index in [1.807, 2.05) is 18.2 Å². The highest BCUT2D eigenvalue weighted by atomic mass is 127. The van der Waals surface area contributed by atoms with Gasteiger partial charge < -0.3 is 4.98 Å². The summed E-state index contributed by atoms with van der Waals surface area (Å²) in [5.41, 5.74) is 0.371. The Balaban J connectivity index is 2.98.